The third kappa shape index (κ3) is 1.96. The summed E-state index contributed by atoms with van der Waals surface area (Å²) in [6.07, 6.45) is 0. The summed E-state index contributed by atoms with van der Waals surface area (Å²) in [5.74, 6) is 0. The number of halogens is 2. The Morgan fingerprint density at radius 3 is 2.77 bits per heavy atom. The van der Waals surface area contributed by atoms with Gasteiger partial charge in [-0.2, -0.15) is 0 Å². The number of fused-ring (bicyclic) bond motifs is 1. The zero-order valence-corrected chi connectivity index (χ0v) is 11.1. The minimum absolute atomic E-state index is 1.02. The molecule has 0 bridgehead atoms. The molecular weight excluding hydrogens is 388 g/mol. The number of benzene rings is 1. The minimum atomic E-state index is 1.02. The molecule has 0 unspecified atom stereocenters. The average Bonchev–Trinajstić information content (AvgIpc) is 2.17. The number of rotatable bonds is 1. The Hall–Kier alpha value is 0.0900. The van der Waals surface area contributed by atoms with Gasteiger partial charge >= 0.3 is 0 Å². The van der Waals surface area contributed by atoms with Crippen molar-refractivity contribution in [2.45, 2.75) is 4.43 Å². The molecule has 2 rings (SSSR count). The van der Waals surface area contributed by atoms with Crippen LogP contribution in [0.15, 0.2) is 30.3 Å². The van der Waals surface area contributed by atoms with Crippen LogP contribution in [0.3, 0.4) is 0 Å². The molecule has 2 aromatic rings. The second-order valence-corrected chi connectivity index (χ2v) is 4.55. The highest BCUT2D eigenvalue weighted by Crippen LogP contribution is 2.19. The van der Waals surface area contributed by atoms with E-state index >= 15 is 0 Å². The quantitative estimate of drug-likeness (QED) is 0.407. The fourth-order valence-electron chi connectivity index (χ4n) is 1.23. The third-order valence-electron chi connectivity index (χ3n) is 1.89. The summed E-state index contributed by atoms with van der Waals surface area (Å²) in [6.45, 7) is 0. The molecule has 1 aromatic heterocycles. The summed E-state index contributed by atoms with van der Waals surface area (Å²) in [4.78, 5) is 4.53. The number of para-hydroxylation sites is 1. The molecular formula is C10H7I2N. The predicted octanol–water partition coefficient (Wildman–Crippen LogP) is 3.77. The van der Waals surface area contributed by atoms with E-state index in [4.69, 9.17) is 0 Å². The maximum absolute atomic E-state index is 4.53. The van der Waals surface area contributed by atoms with E-state index in [1.54, 1.807) is 0 Å². The molecule has 1 heterocycles. The molecule has 3 heteroatoms. The van der Waals surface area contributed by atoms with Crippen molar-refractivity contribution in [2.24, 2.45) is 0 Å². The van der Waals surface area contributed by atoms with Crippen LogP contribution in [-0.2, 0) is 4.43 Å². The van der Waals surface area contributed by atoms with E-state index in [0.717, 1.165) is 13.6 Å². The van der Waals surface area contributed by atoms with Gasteiger partial charge in [0.25, 0.3) is 0 Å². The molecule has 0 aliphatic rings. The van der Waals surface area contributed by atoms with Gasteiger partial charge in [-0.05, 0) is 40.3 Å². The summed E-state index contributed by atoms with van der Waals surface area (Å²) in [5, 5.41) is 1.23. The highest BCUT2D eigenvalue weighted by molar-refractivity contribution is 14.1. The lowest BCUT2D eigenvalue weighted by Crippen LogP contribution is -1.89. The second kappa shape index (κ2) is 4.08. The molecule has 0 fully saturated rings. The number of pyridine rings is 1. The van der Waals surface area contributed by atoms with E-state index in [9.17, 15) is 0 Å². The second-order valence-electron chi connectivity index (χ2n) is 2.76. The average molecular weight is 395 g/mol. The lowest BCUT2D eigenvalue weighted by atomic mass is 10.2. The molecule has 13 heavy (non-hydrogen) atoms. The first-order valence-corrected chi connectivity index (χ1v) is 6.52. The van der Waals surface area contributed by atoms with Crippen LogP contribution in [0.25, 0.3) is 10.9 Å². The van der Waals surface area contributed by atoms with Gasteiger partial charge in [-0.25, -0.2) is 4.98 Å². The van der Waals surface area contributed by atoms with Crippen LogP contribution in [0.2, 0.25) is 0 Å². The number of alkyl halides is 1. The Labute approximate surface area is 104 Å². The van der Waals surface area contributed by atoms with Gasteiger partial charge in [0, 0.05) is 9.81 Å². The van der Waals surface area contributed by atoms with Crippen molar-refractivity contribution in [2.75, 3.05) is 0 Å². The molecule has 0 radical (unpaired) electrons. The lowest BCUT2D eigenvalue weighted by Gasteiger charge is -2.02. The topological polar surface area (TPSA) is 12.9 Å². The van der Waals surface area contributed by atoms with Gasteiger partial charge in [0.1, 0.15) is 3.70 Å². The maximum atomic E-state index is 4.53. The van der Waals surface area contributed by atoms with Gasteiger partial charge in [-0.15, -0.1) is 0 Å². The largest absolute Gasteiger partial charge is 0.242 e. The number of nitrogens with zero attached hydrogens (tertiary/aromatic N) is 1. The van der Waals surface area contributed by atoms with Gasteiger partial charge in [-0.1, -0.05) is 40.8 Å². The van der Waals surface area contributed by atoms with Crippen LogP contribution in [0, 0.1) is 3.70 Å². The van der Waals surface area contributed by atoms with E-state index in [2.05, 4.69) is 68.4 Å². The van der Waals surface area contributed by atoms with Gasteiger partial charge in [-0.3, -0.25) is 0 Å². The zero-order valence-electron chi connectivity index (χ0n) is 6.80. The Bertz CT molecular complexity index is 440. The Kier molecular flexibility index (Phi) is 3.02. The molecule has 0 saturated carbocycles. The molecule has 0 atom stereocenters. The maximum Gasteiger partial charge on any atom is 0.106 e. The smallest absolute Gasteiger partial charge is 0.106 e. The van der Waals surface area contributed by atoms with Crippen LogP contribution in [0.5, 0.6) is 0 Å². The van der Waals surface area contributed by atoms with Crippen LogP contribution >= 0.6 is 45.2 Å². The van der Waals surface area contributed by atoms with Crippen molar-refractivity contribution in [3.8, 4) is 0 Å². The summed E-state index contributed by atoms with van der Waals surface area (Å²) in [5.41, 5.74) is 2.40. The highest BCUT2D eigenvalue weighted by atomic mass is 127. The molecule has 0 aliphatic carbocycles. The predicted molar refractivity (Wildman–Crippen MR) is 72.2 cm³/mol. The molecule has 0 aliphatic heterocycles. The molecule has 0 spiro atoms. The van der Waals surface area contributed by atoms with Crippen molar-refractivity contribution in [1.29, 1.82) is 0 Å². The van der Waals surface area contributed by atoms with E-state index in [1.165, 1.54) is 10.9 Å². The van der Waals surface area contributed by atoms with Crippen LogP contribution < -0.4 is 0 Å². The molecule has 1 aromatic carbocycles. The Morgan fingerprint density at radius 1 is 1.23 bits per heavy atom. The number of aromatic nitrogens is 1. The standard InChI is InChI=1S/C10H7I2N/c11-6-8-5-7-3-1-2-4-9(7)13-10(8)12/h1-5H,6H2. The van der Waals surface area contributed by atoms with Gasteiger partial charge in [0.05, 0.1) is 5.52 Å². The minimum Gasteiger partial charge on any atom is -0.242 e. The summed E-state index contributed by atoms with van der Waals surface area (Å²) in [6, 6.07) is 10.4. The highest BCUT2D eigenvalue weighted by Gasteiger charge is 2.01. The Morgan fingerprint density at radius 2 is 2.00 bits per heavy atom. The van der Waals surface area contributed by atoms with Crippen LogP contribution in [-0.4, -0.2) is 4.98 Å². The monoisotopic (exact) mass is 395 g/mol. The molecule has 0 saturated heterocycles. The van der Waals surface area contributed by atoms with E-state index in [-0.39, 0.29) is 0 Å². The van der Waals surface area contributed by atoms with Crippen molar-refractivity contribution in [1.82, 2.24) is 4.98 Å². The van der Waals surface area contributed by atoms with Gasteiger partial charge < -0.3 is 0 Å². The zero-order chi connectivity index (χ0) is 9.26. The first kappa shape index (κ1) is 9.64. The summed E-state index contributed by atoms with van der Waals surface area (Å²) < 4.78 is 2.14. The van der Waals surface area contributed by atoms with Crippen LogP contribution in [0.4, 0.5) is 0 Å². The first-order valence-electron chi connectivity index (χ1n) is 3.91. The SMILES string of the molecule is ICc1cc2ccccc2nc1I. The molecule has 1 nitrogen and oxygen atoms in total. The van der Waals surface area contributed by atoms with Crippen molar-refractivity contribution < 1.29 is 0 Å². The lowest BCUT2D eigenvalue weighted by molar-refractivity contribution is 1.27. The van der Waals surface area contributed by atoms with E-state index in [1.807, 2.05) is 12.1 Å². The normalized spacial score (nSPS) is 10.6. The van der Waals surface area contributed by atoms with Gasteiger partial charge in [0.2, 0.25) is 0 Å². The summed E-state index contributed by atoms with van der Waals surface area (Å²) >= 11 is 4.66. The van der Waals surface area contributed by atoms with Crippen molar-refractivity contribution in [3.05, 3.63) is 39.6 Å². The van der Waals surface area contributed by atoms with Crippen LogP contribution in [0.1, 0.15) is 5.56 Å². The number of hydrogen-bond donors (Lipinski definition) is 0. The fourth-order valence-corrected chi connectivity index (χ4v) is 3.15. The van der Waals surface area contributed by atoms with Crippen molar-refractivity contribution in [3.63, 3.8) is 0 Å². The molecule has 0 N–H and O–H groups in total. The van der Waals surface area contributed by atoms with E-state index in [0.29, 0.717) is 0 Å². The van der Waals surface area contributed by atoms with Crippen molar-refractivity contribution >= 4 is 56.1 Å². The first-order chi connectivity index (χ1) is 6.31. The number of hydrogen-bond acceptors (Lipinski definition) is 1. The van der Waals surface area contributed by atoms with Gasteiger partial charge in [0.15, 0.2) is 0 Å². The fraction of sp³-hybridized carbons (Fsp3) is 0.100. The third-order valence-corrected chi connectivity index (χ3v) is 3.65. The van der Waals surface area contributed by atoms with E-state index < -0.39 is 0 Å². The Balaban J connectivity index is 2.74. The molecule has 66 valence electrons. The summed E-state index contributed by atoms with van der Waals surface area (Å²) in [7, 11) is 0. The molecule has 0 amide bonds.